The van der Waals surface area contributed by atoms with Gasteiger partial charge in [0.25, 0.3) is 0 Å². The van der Waals surface area contributed by atoms with Crippen LogP contribution in [0.5, 0.6) is 0 Å². The predicted octanol–water partition coefficient (Wildman–Crippen LogP) is 0.853. The van der Waals surface area contributed by atoms with Crippen molar-refractivity contribution in [2.45, 2.75) is 150 Å². The van der Waals surface area contributed by atoms with Gasteiger partial charge < -0.3 is 50.7 Å². The number of Topliss-reactive ketones (excluding diaryl/α,β-unsaturated/α-hetero) is 2. The monoisotopic (exact) mass is 825 g/mol. The van der Waals surface area contributed by atoms with Gasteiger partial charge in [-0.25, -0.2) is 10.7 Å². The van der Waals surface area contributed by atoms with Crippen molar-refractivity contribution in [1.29, 1.82) is 0 Å². The number of methoxy groups -OCH3 is 3. The summed E-state index contributed by atoms with van der Waals surface area (Å²) in [5.74, 6) is 1.86. The third-order valence-electron chi connectivity index (χ3n) is 7.79. The third kappa shape index (κ3) is 27.3. The third-order valence-corrected chi connectivity index (χ3v) is 7.79. The van der Waals surface area contributed by atoms with Crippen molar-refractivity contribution in [2.75, 3.05) is 21.3 Å². The zero-order valence-electron chi connectivity index (χ0n) is 36.4. The number of hydrogen-bond acceptors (Lipinski definition) is 17. The largest absolute Gasteiger partial charge is 1.00 e. The minimum atomic E-state index is -0.731. The molecule has 10 unspecified atom stereocenters. The minimum Gasteiger partial charge on any atom is -1.00 e. The first-order valence-corrected chi connectivity index (χ1v) is 17.5. The summed E-state index contributed by atoms with van der Waals surface area (Å²) in [4.78, 5) is 53.4. The number of nitrogens with two attached hydrogens (primary N) is 2. The standard InChI is InChI=1S/C8H12O4.C6H11NO2.C6H13NO.C6H10O2.C5H10O2.C5H8O2.ClH.H3NO.Na.H/c1-4-6(8(10)11-3)7(9)5(2)12-4;1-4-3-6(7-8)5(2)9-4;2*1-4-3-6(7)5(2)8-4;1-4(2)5(6)7-3;1-3-4-5(6)7-2;;1-2;;/h4-6H,1-3H3;4-5,8H,3H2,1-2H3;4-6H,3,7H2,1-2H3;4-5H,3H2,1-2H3;4H,1-3H3;3-4H,1-2H3;1H;2H,1H2;;/q;;;;;;;;+1;-1/b;7-6+;;;;4-3+;;;;. The Hall–Kier alpha value is -2.03. The number of carbonyl (C=O) groups is 5. The number of halogens is 1. The Morgan fingerprint density at radius 3 is 1.47 bits per heavy atom. The number of ketones is 2. The van der Waals surface area contributed by atoms with Crippen molar-refractivity contribution in [3.8, 4) is 0 Å². The molecule has 4 heterocycles. The van der Waals surface area contributed by atoms with Gasteiger partial charge >= 0.3 is 47.5 Å². The van der Waals surface area contributed by atoms with E-state index in [1.54, 1.807) is 47.6 Å². The van der Waals surface area contributed by atoms with E-state index in [-0.39, 0.29) is 115 Å². The van der Waals surface area contributed by atoms with Gasteiger partial charge in [-0.3, -0.25) is 19.2 Å². The molecule has 4 aliphatic heterocycles. The first-order chi connectivity index (χ1) is 24.7. The normalized spacial score (nSPS) is 29.2. The molecule has 17 nitrogen and oxygen atoms in total. The van der Waals surface area contributed by atoms with Crippen molar-refractivity contribution < 1.29 is 98.5 Å². The van der Waals surface area contributed by atoms with Crippen LogP contribution in [0.25, 0.3) is 0 Å². The molecule has 0 spiro atoms. The molecular formula is C36H69ClN3NaO14. The van der Waals surface area contributed by atoms with E-state index < -0.39 is 18.0 Å². The Morgan fingerprint density at radius 2 is 1.31 bits per heavy atom. The molecule has 0 radical (unpaired) electrons. The quantitative estimate of drug-likeness (QED) is 0.0585. The number of rotatable bonds is 3. The molecular weight excluding hydrogens is 757 g/mol. The molecule has 0 aliphatic carbocycles. The summed E-state index contributed by atoms with van der Waals surface area (Å²) in [5, 5.41) is 18.0. The van der Waals surface area contributed by atoms with Crippen LogP contribution in [-0.2, 0) is 57.1 Å². The molecule has 0 aromatic carbocycles. The fourth-order valence-corrected chi connectivity index (χ4v) is 4.90. The summed E-state index contributed by atoms with van der Waals surface area (Å²) >= 11 is 0. The summed E-state index contributed by atoms with van der Waals surface area (Å²) in [5.41, 5.74) is 6.40. The van der Waals surface area contributed by atoms with E-state index in [4.69, 9.17) is 35.1 Å². The average Bonchev–Trinajstić information content (AvgIpc) is 3.79. The number of esters is 3. The smallest absolute Gasteiger partial charge is 1.00 e. The first kappa shape index (κ1) is 62.2. The molecule has 19 heteroatoms. The minimum absolute atomic E-state index is 0. The zero-order valence-corrected chi connectivity index (χ0v) is 38.2. The molecule has 4 saturated heterocycles. The molecule has 0 saturated carbocycles. The summed E-state index contributed by atoms with van der Waals surface area (Å²) < 4.78 is 34.0. The second-order valence-corrected chi connectivity index (χ2v) is 12.8. The SMILES string of the molecule is C/C=C/C(=O)OC.CC1C/C(=N\O)C(C)O1.CC1CC(=O)C(C)O1.CC1CC(N)C(C)O1.COC(=O)C(C)C.COC(=O)C1C(=O)C(C)OC1C.Cl.NO.[H-].[Na+]. The summed E-state index contributed by atoms with van der Waals surface area (Å²) in [6.45, 7) is 20.3. The van der Waals surface area contributed by atoms with Crippen LogP contribution in [0.15, 0.2) is 17.3 Å². The van der Waals surface area contributed by atoms with E-state index in [2.05, 4.69) is 32.2 Å². The van der Waals surface area contributed by atoms with Gasteiger partial charge in [-0.2, -0.15) is 0 Å². The van der Waals surface area contributed by atoms with Crippen LogP contribution in [-0.4, -0.2) is 122 Å². The van der Waals surface area contributed by atoms with Crippen LogP contribution in [0.2, 0.25) is 0 Å². The van der Waals surface area contributed by atoms with Crippen LogP contribution >= 0.6 is 12.4 Å². The Bertz CT molecular complexity index is 1140. The molecule has 6 N–H and O–H groups in total. The van der Waals surface area contributed by atoms with Crippen molar-refractivity contribution in [2.24, 2.45) is 28.6 Å². The van der Waals surface area contributed by atoms with E-state index in [9.17, 15) is 24.0 Å². The van der Waals surface area contributed by atoms with Gasteiger partial charge in [0, 0.05) is 25.0 Å². The average molecular weight is 826 g/mol. The van der Waals surface area contributed by atoms with Crippen LogP contribution in [0.4, 0.5) is 0 Å². The predicted molar refractivity (Wildman–Crippen MR) is 205 cm³/mol. The second kappa shape index (κ2) is 35.2. The maximum Gasteiger partial charge on any atom is 1.00 e. The molecule has 0 amide bonds. The maximum absolute atomic E-state index is 11.3. The van der Waals surface area contributed by atoms with Crippen LogP contribution < -0.4 is 41.2 Å². The van der Waals surface area contributed by atoms with E-state index in [0.29, 0.717) is 12.5 Å². The van der Waals surface area contributed by atoms with Gasteiger partial charge in [-0.1, -0.05) is 25.1 Å². The van der Waals surface area contributed by atoms with Crippen LogP contribution in [0.1, 0.15) is 96.9 Å². The fourth-order valence-electron chi connectivity index (χ4n) is 4.90. The van der Waals surface area contributed by atoms with E-state index in [1.165, 1.54) is 27.4 Å². The van der Waals surface area contributed by atoms with E-state index in [1.807, 2.05) is 27.7 Å². The number of carbonyl (C=O) groups excluding carboxylic acids is 5. The first-order valence-electron chi connectivity index (χ1n) is 17.5. The molecule has 0 aromatic heterocycles. The zero-order chi connectivity index (χ0) is 42.0. The molecule has 4 rings (SSSR count). The molecule has 0 aromatic rings. The molecule has 10 atom stereocenters. The number of hydrogen-bond donors (Lipinski definition) is 4. The van der Waals surface area contributed by atoms with Crippen molar-refractivity contribution >= 4 is 47.6 Å². The van der Waals surface area contributed by atoms with Crippen LogP contribution in [0.3, 0.4) is 0 Å². The summed E-state index contributed by atoms with van der Waals surface area (Å²) in [7, 11) is 4.01. The van der Waals surface area contributed by atoms with Gasteiger partial charge in [-0.15, -0.1) is 12.4 Å². The molecule has 4 aliphatic rings. The fraction of sp³-hybridized carbons (Fsp3) is 0.778. The van der Waals surface area contributed by atoms with Crippen molar-refractivity contribution in [3.05, 3.63) is 12.2 Å². The summed E-state index contributed by atoms with van der Waals surface area (Å²) in [6, 6.07) is 0.269. The Morgan fingerprint density at radius 1 is 0.800 bits per heavy atom. The number of oxime groups is 1. The second-order valence-electron chi connectivity index (χ2n) is 12.8. The number of allylic oxidation sites excluding steroid dienone is 1. The van der Waals surface area contributed by atoms with Gasteiger partial charge in [0.2, 0.25) is 0 Å². The van der Waals surface area contributed by atoms with E-state index >= 15 is 0 Å². The molecule has 55 heavy (non-hydrogen) atoms. The van der Waals surface area contributed by atoms with Gasteiger partial charge in [-0.05, 0) is 68.7 Å². The number of nitrogens with zero attached hydrogens (tertiary/aromatic N) is 1. The van der Waals surface area contributed by atoms with Crippen LogP contribution in [0, 0.1) is 11.8 Å². The molecule has 4 fully saturated rings. The van der Waals surface area contributed by atoms with Gasteiger partial charge in [0.05, 0.1) is 69.6 Å². The summed E-state index contributed by atoms with van der Waals surface area (Å²) in [6.07, 6.45) is 5.39. The Kier molecular flexibility index (Phi) is 39.7. The van der Waals surface area contributed by atoms with Gasteiger partial charge in [0.15, 0.2) is 11.6 Å². The Balaban J connectivity index is -0.000000133. The van der Waals surface area contributed by atoms with Crippen molar-refractivity contribution in [3.63, 3.8) is 0 Å². The molecule has 0 bridgehead atoms. The van der Waals surface area contributed by atoms with Gasteiger partial charge in [0.1, 0.15) is 18.1 Å². The molecule has 320 valence electrons. The maximum atomic E-state index is 11.3. The van der Waals surface area contributed by atoms with Crippen molar-refractivity contribution in [1.82, 2.24) is 0 Å². The number of ether oxygens (including phenoxy) is 7. The topological polar surface area (TPSA) is 255 Å². The Labute approximate surface area is 357 Å². The van der Waals surface area contributed by atoms with E-state index in [0.717, 1.165) is 18.6 Å².